The lowest BCUT2D eigenvalue weighted by Crippen LogP contribution is -2.27. The zero-order valence-corrected chi connectivity index (χ0v) is 19.3. The fourth-order valence-corrected chi connectivity index (χ4v) is 4.46. The van der Waals surface area contributed by atoms with Gasteiger partial charge in [-0.1, -0.05) is 11.6 Å². The van der Waals surface area contributed by atoms with E-state index >= 15 is 0 Å². The Bertz CT molecular complexity index is 968. The Balaban J connectivity index is 1.84. The fourth-order valence-electron chi connectivity index (χ4n) is 4.46. The molecule has 2 aliphatic rings. The number of hydrogen-bond acceptors (Lipinski definition) is 7. The molecule has 0 spiro atoms. The minimum Gasteiger partial charge on any atom is -0.496 e. The number of carbonyl (C=O) groups is 3. The van der Waals surface area contributed by atoms with Crippen molar-refractivity contribution < 1.29 is 29.0 Å². The minimum absolute atomic E-state index is 0.103. The first-order chi connectivity index (χ1) is 15.7. The van der Waals surface area contributed by atoms with Gasteiger partial charge in [-0.25, -0.2) is 9.59 Å². The second-order valence-corrected chi connectivity index (χ2v) is 8.49. The molecule has 0 aliphatic carbocycles. The largest absolute Gasteiger partial charge is 0.496 e. The third-order valence-electron chi connectivity index (χ3n) is 6.23. The smallest absolute Gasteiger partial charge is 0.341 e. The zero-order chi connectivity index (χ0) is 24.1. The Hall–Kier alpha value is -3.11. The molecule has 180 valence electrons. The fraction of sp³-hybridized carbons (Fsp3) is 0.522. The third-order valence-corrected chi connectivity index (χ3v) is 6.23. The highest BCUT2D eigenvalue weighted by Crippen LogP contribution is 2.41. The number of methoxy groups -OCH3 is 1. The number of urea groups is 1. The molecule has 0 bridgehead atoms. The summed E-state index contributed by atoms with van der Waals surface area (Å²) in [5, 5.41) is 15.5. The average Bonchev–Trinajstić information content (AvgIpc) is 3.41. The summed E-state index contributed by atoms with van der Waals surface area (Å²) in [5.74, 6) is -1.30. The van der Waals surface area contributed by atoms with Crippen molar-refractivity contribution in [2.24, 2.45) is 11.7 Å². The van der Waals surface area contributed by atoms with Crippen molar-refractivity contribution >= 4 is 23.7 Å². The maximum atomic E-state index is 12.4. The van der Waals surface area contributed by atoms with E-state index < -0.39 is 23.9 Å². The summed E-state index contributed by atoms with van der Waals surface area (Å²) in [6.07, 6.45) is 3.20. The number of nitrogens with zero attached hydrogens (tertiary/aromatic N) is 1. The van der Waals surface area contributed by atoms with Crippen LogP contribution in [0.5, 0.6) is 5.75 Å². The number of amides is 2. The van der Waals surface area contributed by atoms with Crippen molar-refractivity contribution in [2.45, 2.75) is 39.7 Å². The van der Waals surface area contributed by atoms with Gasteiger partial charge in [-0.3, -0.25) is 9.69 Å². The van der Waals surface area contributed by atoms with E-state index in [0.717, 1.165) is 37.4 Å². The standard InChI is InChI=1S/C23H32N4O6/c1-13(10-15(21(28)29)6-8-27-9-7-25-12-27)4-5-16-19(26-23(24)31)18-17(11-33-22(18)30)14(2)20(16)32-3/h4,15,25H,5-12H2,1-3H3,(H,28,29)(H3,24,26,31)/b13-4+. The first-order valence-electron chi connectivity index (χ1n) is 11.0. The molecule has 10 nitrogen and oxygen atoms in total. The number of carbonyl (C=O) groups excluding carboxylic acids is 2. The minimum atomic E-state index is -0.820. The molecule has 2 amide bonds. The van der Waals surface area contributed by atoms with Crippen LogP contribution >= 0.6 is 0 Å². The van der Waals surface area contributed by atoms with Crippen LogP contribution in [-0.2, 0) is 22.6 Å². The number of cyclic esters (lactones) is 1. The number of ether oxygens (including phenoxy) is 2. The molecule has 0 aromatic heterocycles. The molecule has 2 heterocycles. The highest BCUT2D eigenvalue weighted by Gasteiger charge is 2.32. The Morgan fingerprint density at radius 1 is 1.42 bits per heavy atom. The van der Waals surface area contributed by atoms with E-state index in [1.54, 1.807) is 0 Å². The molecule has 5 N–H and O–H groups in total. The molecule has 0 saturated carbocycles. The van der Waals surface area contributed by atoms with E-state index in [-0.39, 0.29) is 17.9 Å². The molecule has 10 heteroatoms. The van der Waals surface area contributed by atoms with Crippen LogP contribution in [0.4, 0.5) is 10.5 Å². The summed E-state index contributed by atoms with van der Waals surface area (Å²) in [7, 11) is 1.52. The van der Waals surface area contributed by atoms with Gasteiger partial charge in [-0.05, 0) is 38.7 Å². The van der Waals surface area contributed by atoms with E-state index in [4.69, 9.17) is 15.2 Å². The molecular weight excluding hydrogens is 428 g/mol. The first kappa shape index (κ1) is 24.5. The summed E-state index contributed by atoms with van der Waals surface area (Å²) >= 11 is 0. The molecule has 1 atom stereocenters. The van der Waals surface area contributed by atoms with Crippen molar-refractivity contribution in [3.05, 3.63) is 33.9 Å². The normalized spacial score (nSPS) is 16.9. The third kappa shape index (κ3) is 5.63. The molecule has 1 saturated heterocycles. The summed E-state index contributed by atoms with van der Waals surface area (Å²) in [4.78, 5) is 38.1. The second kappa shape index (κ2) is 10.7. The SMILES string of the molecule is COc1c(C)c2c(c(NC(N)=O)c1C/C=C(\C)CC(CCN1CCNC1)C(=O)O)C(=O)OC2. The Morgan fingerprint density at radius 2 is 2.18 bits per heavy atom. The van der Waals surface area contributed by atoms with E-state index in [9.17, 15) is 19.5 Å². The van der Waals surface area contributed by atoms with Crippen LogP contribution in [-0.4, -0.2) is 61.4 Å². The van der Waals surface area contributed by atoms with E-state index in [2.05, 4.69) is 15.5 Å². The van der Waals surface area contributed by atoms with Crippen molar-refractivity contribution in [3.8, 4) is 5.75 Å². The Morgan fingerprint density at radius 3 is 2.79 bits per heavy atom. The number of anilines is 1. The number of aliphatic carboxylic acids is 1. The number of allylic oxidation sites excluding steroid dienone is 2. The Labute approximate surface area is 193 Å². The molecular formula is C23H32N4O6. The van der Waals surface area contributed by atoms with Crippen molar-refractivity contribution in [3.63, 3.8) is 0 Å². The average molecular weight is 461 g/mol. The number of esters is 1. The summed E-state index contributed by atoms with van der Waals surface area (Å²) in [5.41, 5.74) is 8.86. The monoisotopic (exact) mass is 460 g/mol. The lowest BCUT2D eigenvalue weighted by molar-refractivity contribution is -0.142. The van der Waals surface area contributed by atoms with Gasteiger partial charge in [-0.2, -0.15) is 0 Å². The number of rotatable bonds is 10. The summed E-state index contributed by atoms with van der Waals surface area (Å²) < 4.78 is 10.8. The van der Waals surface area contributed by atoms with Crippen molar-refractivity contribution in [1.29, 1.82) is 0 Å². The highest BCUT2D eigenvalue weighted by molar-refractivity contribution is 6.05. The number of nitrogens with two attached hydrogens (primary N) is 1. The number of nitrogens with one attached hydrogen (secondary N) is 2. The molecule has 2 aliphatic heterocycles. The van der Waals surface area contributed by atoms with Gasteiger partial charge in [0.05, 0.1) is 24.3 Å². The topological polar surface area (TPSA) is 143 Å². The molecule has 0 radical (unpaired) electrons. The zero-order valence-electron chi connectivity index (χ0n) is 19.3. The van der Waals surface area contributed by atoms with Gasteiger partial charge >= 0.3 is 18.0 Å². The predicted molar refractivity (Wildman–Crippen MR) is 122 cm³/mol. The maximum absolute atomic E-state index is 12.4. The molecule has 1 aromatic carbocycles. The van der Waals surface area contributed by atoms with Gasteiger partial charge < -0.3 is 30.9 Å². The van der Waals surface area contributed by atoms with Gasteiger partial charge in [0.2, 0.25) is 0 Å². The van der Waals surface area contributed by atoms with E-state index in [1.165, 1.54) is 7.11 Å². The first-order valence-corrected chi connectivity index (χ1v) is 11.0. The van der Waals surface area contributed by atoms with E-state index in [1.807, 2.05) is 19.9 Å². The number of carboxylic acids is 1. The van der Waals surface area contributed by atoms with Crippen molar-refractivity contribution in [2.75, 3.05) is 38.7 Å². The van der Waals surface area contributed by atoms with Crippen LogP contribution in [0.2, 0.25) is 0 Å². The number of primary amides is 1. The summed E-state index contributed by atoms with van der Waals surface area (Å²) in [6.45, 7) is 7.19. The van der Waals surface area contributed by atoms with Crippen LogP contribution in [0.1, 0.15) is 46.8 Å². The van der Waals surface area contributed by atoms with Crippen LogP contribution in [0.15, 0.2) is 11.6 Å². The number of carboxylic acid groups (broad SMARTS) is 1. The highest BCUT2D eigenvalue weighted by atomic mass is 16.5. The van der Waals surface area contributed by atoms with Crippen LogP contribution in [0, 0.1) is 12.8 Å². The van der Waals surface area contributed by atoms with E-state index in [0.29, 0.717) is 36.1 Å². The molecule has 1 aromatic rings. The lowest BCUT2D eigenvalue weighted by atomic mass is 9.92. The van der Waals surface area contributed by atoms with Crippen molar-refractivity contribution in [1.82, 2.24) is 10.2 Å². The van der Waals surface area contributed by atoms with Crippen LogP contribution in [0.25, 0.3) is 0 Å². The predicted octanol–water partition coefficient (Wildman–Crippen LogP) is 2.00. The number of hydrogen-bond donors (Lipinski definition) is 4. The quantitative estimate of drug-likeness (QED) is 0.307. The molecule has 1 unspecified atom stereocenters. The number of benzene rings is 1. The Kier molecular flexibility index (Phi) is 7.93. The molecule has 1 fully saturated rings. The van der Waals surface area contributed by atoms with Crippen LogP contribution < -0.4 is 21.1 Å². The maximum Gasteiger partial charge on any atom is 0.341 e. The molecule has 3 rings (SSSR count). The second-order valence-electron chi connectivity index (χ2n) is 8.49. The number of fused-ring (bicyclic) bond motifs is 1. The summed E-state index contributed by atoms with van der Waals surface area (Å²) in [6, 6.07) is -0.799. The van der Waals surface area contributed by atoms with Gasteiger partial charge in [0.1, 0.15) is 12.4 Å². The van der Waals surface area contributed by atoms with Gasteiger partial charge in [-0.15, -0.1) is 0 Å². The molecule has 33 heavy (non-hydrogen) atoms. The van der Waals surface area contributed by atoms with Crippen LogP contribution in [0.3, 0.4) is 0 Å². The lowest BCUT2D eigenvalue weighted by Gasteiger charge is -2.20. The van der Waals surface area contributed by atoms with Gasteiger partial charge in [0.15, 0.2) is 0 Å². The van der Waals surface area contributed by atoms with Gasteiger partial charge in [0, 0.05) is 37.4 Å². The van der Waals surface area contributed by atoms with Gasteiger partial charge in [0.25, 0.3) is 0 Å².